The number of pyridine rings is 1. The van der Waals surface area contributed by atoms with Gasteiger partial charge in [0.15, 0.2) is 0 Å². The third kappa shape index (κ3) is 3.02. The zero-order valence-corrected chi connectivity index (χ0v) is 9.47. The molecule has 0 aliphatic heterocycles. The molecule has 1 aromatic heterocycles. The highest BCUT2D eigenvalue weighted by Crippen LogP contribution is 2.02. The van der Waals surface area contributed by atoms with Crippen molar-refractivity contribution in [3.8, 4) is 11.8 Å². The van der Waals surface area contributed by atoms with Crippen LogP contribution in [0.2, 0.25) is 0 Å². The highest BCUT2D eigenvalue weighted by molar-refractivity contribution is 5.74. The molecular formula is C15H11NO. The van der Waals surface area contributed by atoms with Crippen molar-refractivity contribution in [1.29, 1.82) is 0 Å². The van der Waals surface area contributed by atoms with Crippen molar-refractivity contribution >= 4 is 6.29 Å². The molecule has 0 unspecified atom stereocenters. The van der Waals surface area contributed by atoms with E-state index in [1.807, 2.05) is 31.2 Å². The normalized spacial score (nSPS) is 9.24. The summed E-state index contributed by atoms with van der Waals surface area (Å²) >= 11 is 0. The van der Waals surface area contributed by atoms with Crippen molar-refractivity contribution in [2.75, 3.05) is 0 Å². The van der Waals surface area contributed by atoms with E-state index in [1.165, 1.54) is 0 Å². The van der Waals surface area contributed by atoms with Gasteiger partial charge in [-0.15, -0.1) is 0 Å². The lowest BCUT2D eigenvalue weighted by Crippen LogP contribution is -1.82. The number of nitrogens with zero attached hydrogens (tertiary/aromatic N) is 1. The summed E-state index contributed by atoms with van der Waals surface area (Å²) in [4.78, 5) is 14.7. The molecule has 0 radical (unpaired) electrons. The van der Waals surface area contributed by atoms with Crippen LogP contribution < -0.4 is 0 Å². The Morgan fingerprint density at radius 2 is 1.65 bits per heavy atom. The zero-order valence-electron chi connectivity index (χ0n) is 9.47. The fourth-order valence-electron chi connectivity index (χ4n) is 1.33. The summed E-state index contributed by atoms with van der Waals surface area (Å²) in [6.45, 7) is 1.94. The van der Waals surface area contributed by atoms with Gasteiger partial charge in [0.25, 0.3) is 0 Å². The van der Waals surface area contributed by atoms with E-state index >= 15 is 0 Å². The van der Waals surface area contributed by atoms with E-state index in [2.05, 4.69) is 16.8 Å². The molecule has 0 aliphatic carbocycles. The summed E-state index contributed by atoms with van der Waals surface area (Å²) in [5, 5.41) is 0. The van der Waals surface area contributed by atoms with Crippen molar-refractivity contribution in [3.05, 3.63) is 65.0 Å². The fraction of sp³-hybridized carbons (Fsp3) is 0.0667. The molecule has 0 saturated carbocycles. The second-order valence-corrected chi connectivity index (χ2v) is 3.68. The molecular weight excluding hydrogens is 210 g/mol. The van der Waals surface area contributed by atoms with Gasteiger partial charge in [0.1, 0.15) is 6.29 Å². The quantitative estimate of drug-likeness (QED) is 0.547. The second kappa shape index (κ2) is 5.09. The number of carbonyl (C=O) groups is 1. The minimum atomic E-state index is 0.660. The Hall–Kier alpha value is -2.40. The van der Waals surface area contributed by atoms with E-state index in [1.54, 1.807) is 18.3 Å². The number of aromatic nitrogens is 1. The van der Waals surface area contributed by atoms with Gasteiger partial charge in [0.05, 0.1) is 0 Å². The van der Waals surface area contributed by atoms with Crippen LogP contribution in [0.1, 0.15) is 27.2 Å². The molecule has 2 heteroatoms. The maximum Gasteiger partial charge on any atom is 0.150 e. The molecule has 0 fully saturated rings. The number of rotatable bonds is 1. The summed E-state index contributed by atoms with van der Waals surface area (Å²) in [5.74, 6) is 6.05. The van der Waals surface area contributed by atoms with E-state index in [0.29, 0.717) is 5.56 Å². The topological polar surface area (TPSA) is 30.0 Å². The summed E-state index contributed by atoms with van der Waals surface area (Å²) in [6.07, 6.45) is 2.57. The van der Waals surface area contributed by atoms with Crippen molar-refractivity contribution < 1.29 is 4.79 Å². The van der Waals surface area contributed by atoms with Gasteiger partial charge in [-0.1, -0.05) is 24.0 Å². The first kappa shape index (κ1) is 11.1. The smallest absolute Gasteiger partial charge is 0.150 e. The lowest BCUT2D eigenvalue weighted by molar-refractivity contribution is 0.112. The number of hydrogen-bond acceptors (Lipinski definition) is 2. The summed E-state index contributed by atoms with van der Waals surface area (Å²) in [6, 6.07) is 11.0. The van der Waals surface area contributed by atoms with E-state index in [9.17, 15) is 4.79 Å². The average Bonchev–Trinajstić information content (AvgIpc) is 2.39. The molecule has 82 valence electrons. The van der Waals surface area contributed by atoms with Crippen LogP contribution in [-0.2, 0) is 0 Å². The van der Waals surface area contributed by atoms with E-state index in [4.69, 9.17) is 0 Å². The number of aldehydes is 1. The van der Waals surface area contributed by atoms with Crippen molar-refractivity contribution in [1.82, 2.24) is 4.98 Å². The van der Waals surface area contributed by atoms with E-state index < -0.39 is 0 Å². The molecule has 17 heavy (non-hydrogen) atoms. The molecule has 0 amide bonds. The molecule has 0 saturated heterocycles. The van der Waals surface area contributed by atoms with Crippen LogP contribution in [-0.4, -0.2) is 11.3 Å². The predicted octanol–water partition coefficient (Wildman–Crippen LogP) is 2.60. The molecule has 2 nitrogen and oxygen atoms in total. The highest BCUT2D eigenvalue weighted by atomic mass is 16.1. The van der Waals surface area contributed by atoms with Crippen LogP contribution in [0.5, 0.6) is 0 Å². The Labute approximate surface area is 100 Å². The number of carbonyl (C=O) groups excluding carboxylic acids is 1. The van der Waals surface area contributed by atoms with Gasteiger partial charge >= 0.3 is 0 Å². The molecule has 0 N–H and O–H groups in total. The first-order chi connectivity index (χ1) is 8.28. The molecule has 2 aromatic rings. The Bertz CT molecular complexity index is 571. The van der Waals surface area contributed by atoms with Gasteiger partial charge in [-0.25, -0.2) is 0 Å². The molecule has 0 spiro atoms. The summed E-state index contributed by atoms with van der Waals surface area (Å²) in [5.41, 5.74) is 3.41. The van der Waals surface area contributed by atoms with Gasteiger partial charge in [-0.2, -0.15) is 0 Å². The predicted molar refractivity (Wildman–Crippen MR) is 66.8 cm³/mol. The van der Waals surface area contributed by atoms with E-state index in [0.717, 1.165) is 23.1 Å². The van der Waals surface area contributed by atoms with Gasteiger partial charge < -0.3 is 0 Å². The zero-order chi connectivity index (χ0) is 12.1. The van der Waals surface area contributed by atoms with Crippen LogP contribution in [0.4, 0.5) is 0 Å². The number of hydrogen-bond donors (Lipinski definition) is 0. The average molecular weight is 221 g/mol. The third-order valence-electron chi connectivity index (χ3n) is 2.31. The Balaban J connectivity index is 2.20. The molecule has 1 aromatic carbocycles. The lowest BCUT2D eigenvalue weighted by Gasteiger charge is -1.92. The maximum atomic E-state index is 10.5. The van der Waals surface area contributed by atoms with Crippen LogP contribution in [0, 0.1) is 18.8 Å². The second-order valence-electron chi connectivity index (χ2n) is 3.68. The highest BCUT2D eigenvalue weighted by Gasteiger charge is 1.90. The van der Waals surface area contributed by atoms with Crippen LogP contribution in [0.15, 0.2) is 42.6 Å². The van der Waals surface area contributed by atoms with Crippen molar-refractivity contribution in [2.24, 2.45) is 0 Å². The minimum Gasteiger partial charge on any atom is -0.298 e. The lowest BCUT2D eigenvalue weighted by atomic mass is 10.1. The Kier molecular flexibility index (Phi) is 3.32. The SMILES string of the molecule is Cc1ccc(C#Cc2ccc(C=O)cc2)cn1. The van der Waals surface area contributed by atoms with E-state index in [-0.39, 0.29) is 0 Å². The van der Waals surface area contributed by atoms with Crippen molar-refractivity contribution in [2.45, 2.75) is 6.92 Å². The molecule has 0 aliphatic rings. The van der Waals surface area contributed by atoms with Crippen LogP contribution in [0.25, 0.3) is 0 Å². The third-order valence-corrected chi connectivity index (χ3v) is 2.31. The fourth-order valence-corrected chi connectivity index (χ4v) is 1.33. The van der Waals surface area contributed by atoms with Gasteiger partial charge in [-0.05, 0) is 31.2 Å². The Morgan fingerprint density at radius 3 is 2.24 bits per heavy atom. The molecule has 0 atom stereocenters. The van der Waals surface area contributed by atoms with Gasteiger partial charge in [0.2, 0.25) is 0 Å². The maximum absolute atomic E-state index is 10.5. The largest absolute Gasteiger partial charge is 0.298 e. The van der Waals surface area contributed by atoms with Gasteiger partial charge in [-0.3, -0.25) is 9.78 Å². The number of benzene rings is 1. The first-order valence-corrected chi connectivity index (χ1v) is 5.28. The van der Waals surface area contributed by atoms with Crippen LogP contribution in [0.3, 0.4) is 0 Å². The van der Waals surface area contributed by atoms with Gasteiger partial charge in [0, 0.05) is 28.6 Å². The van der Waals surface area contributed by atoms with Crippen molar-refractivity contribution in [3.63, 3.8) is 0 Å². The molecule has 0 bridgehead atoms. The minimum absolute atomic E-state index is 0.660. The molecule has 2 rings (SSSR count). The number of aryl methyl sites for hydroxylation is 1. The van der Waals surface area contributed by atoms with Crippen LogP contribution >= 0.6 is 0 Å². The standard InChI is InChI=1S/C15H11NO/c1-12-2-3-14(10-16-12)7-4-13-5-8-15(11-17)9-6-13/h2-3,5-6,8-11H,1H3. The monoisotopic (exact) mass is 221 g/mol. The summed E-state index contributed by atoms with van der Waals surface area (Å²) in [7, 11) is 0. The molecule has 1 heterocycles. The first-order valence-electron chi connectivity index (χ1n) is 5.28. The Morgan fingerprint density at radius 1 is 1.00 bits per heavy atom. The summed E-state index contributed by atoms with van der Waals surface area (Å²) < 4.78 is 0.